The van der Waals surface area contributed by atoms with Crippen molar-refractivity contribution in [3.8, 4) is 17.2 Å². The molecule has 0 unspecified atom stereocenters. The van der Waals surface area contributed by atoms with Gasteiger partial charge in [-0.05, 0) is 25.8 Å². The summed E-state index contributed by atoms with van der Waals surface area (Å²) in [7, 11) is 0. The first kappa shape index (κ1) is 10.7. The van der Waals surface area contributed by atoms with Crippen molar-refractivity contribution in [2.24, 2.45) is 0 Å². The average Bonchev–Trinajstić information content (AvgIpc) is 2.18. The Kier molecular flexibility index (Phi) is 3.23. The number of benzene rings is 1. The number of phenolic OH excluding ortho intramolecular Hbond substituents is 3. The molecule has 0 heterocycles. The van der Waals surface area contributed by atoms with Gasteiger partial charge in [0.25, 0.3) is 0 Å². The molecule has 0 saturated heterocycles. The number of aromatic hydroxyl groups is 3. The van der Waals surface area contributed by atoms with Crippen molar-refractivity contribution in [2.75, 3.05) is 0 Å². The van der Waals surface area contributed by atoms with Crippen LogP contribution in [0.2, 0.25) is 0 Å². The lowest BCUT2D eigenvalue weighted by atomic mass is 10.0. The minimum absolute atomic E-state index is 0.0337. The second-order valence-electron chi connectivity index (χ2n) is 3.48. The van der Waals surface area contributed by atoms with Crippen LogP contribution in [0.3, 0.4) is 0 Å². The number of aryl methyl sites for hydroxylation is 1. The SMILES string of the molecule is CCCCc1cc(O)c(C)c(O)c1O. The topological polar surface area (TPSA) is 60.7 Å². The third-order valence-electron chi connectivity index (χ3n) is 2.38. The zero-order valence-corrected chi connectivity index (χ0v) is 8.54. The standard InChI is InChI=1S/C11H16O3/c1-3-4-5-8-6-9(12)7(2)10(13)11(8)14/h6,12-14H,3-5H2,1-2H3. The lowest BCUT2D eigenvalue weighted by Crippen LogP contribution is -1.88. The van der Waals surface area contributed by atoms with E-state index in [1.807, 2.05) is 6.92 Å². The maximum absolute atomic E-state index is 9.57. The summed E-state index contributed by atoms with van der Waals surface area (Å²) < 4.78 is 0. The Morgan fingerprint density at radius 2 is 1.79 bits per heavy atom. The van der Waals surface area contributed by atoms with Crippen molar-refractivity contribution in [3.05, 3.63) is 17.2 Å². The number of unbranched alkanes of at least 4 members (excludes halogenated alkanes) is 1. The zero-order valence-electron chi connectivity index (χ0n) is 8.54. The van der Waals surface area contributed by atoms with Crippen molar-refractivity contribution in [2.45, 2.75) is 33.1 Å². The highest BCUT2D eigenvalue weighted by Gasteiger charge is 2.12. The first-order valence-corrected chi connectivity index (χ1v) is 4.81. The van der Waals surface area contributed by atoms with Gasteiger partial charge in [0.2, 0.25) is 0 Å². The molecular weight excluding hydrogens is 180 g/mol. The molecule has 3 nitrogen and oxygen atoms in total. The molecule has 0 aliphatic carbocycles. The van der Waals surface area contributed by atoms with E-state index in [1.54, 1.807) is 6.92 Å². The molecule has 0 spiro atoms. The van der Waals surface area contributed by atoms with Gasteiger partial charge in [-0.25, -0.2) is 0 Å². The molecule has 0 aliphatic rings. The van der Waals surface area contributed by atoms with E-state index in [9.17, 15) is 15.3 Å². The fraction of sp³-hybridized carbons (Fsp3) is 0.455. The van der Waals surface area contributed by atoms with Crippen LogP contribution < -0.4 is 0 Å². The Morgan fingerprint density at radius 1 is 1.14 bits per heavy atom. The molecule has 0 fully saturated rings. The van der Waals surface area contributed by atoms with E-state index in [4.69, 9.17) is 0 Å². The van der Waals surface area contributed by atoms with E-state index < -0.39 is 0 Å². The van der Waals surface area contributed by atoms with E-state index in [0.29, 0.717) is 17.5 Å². The molecule has 1 aromatic carbocycles. The second kappa shape index (κ2) is 4.22. The van der Waals surface area contributed by atoms with Gasteiger partial charge in [0, 0.05) is 11.1 Å². The molecular formula is C11H16O3. The number of rotatable bonds is 3. The molecule has 78 valence electrons. The second-order valence-corrected chi connectivity index (χ2v) is 3.48. The van der Waals surface area contributed by atoms with Gasteiger partial charge in [0.15, 0.2) is 11.5 Å². The molecule has 3 N–H and O–H groups in total. The van der Waals surface area contributed by atoms with Crippen LogP contribution in [0.4, 0.5) is 0 Å². The van der Waals surface area contributed by atoms with Gasteiger partial charge in [-0.1, -0.05) is 13.3 Å². The highest BCUT2D eigenvalue weighted by molar-refractivity contribution is 5.55. The summed E-state index contributed by atoms with van der Waals surface area (Å²) >= 11 is 0. The summed E-state index contributed by atoms with van der Waals surface area (Å²) in [5.41, 5.74) is 0.926. The van der Waals surface area contributed by atoms with E-state index in [-0.39, 0.29) is 17.2 Å². The van der Waals surface area contributed by atoms with Gasteiger partial charge in [0.1, 0.15) is 5.75 Å². The molecule has 14 heavy (non-hydrogen) atoms. The van der Waals surface area contributed by atoms with Gasteiger partial charge < -0.3 is 15.3 Å². The van der Waals surface area contributed by atoms with Crippen LogP contribution in [0.15, 0.2) is 6.07 Å². The molecule has 3 heteroatoms. The fourth-order valence-corrected chi connectivity index (χ4v) is 1.35. The number of hydrogen-bond acceptors (Lipinski definition) is 3. The van der Waals surface area contributed by atoms with E-state index >= 15 is 0 Å². The van der Waals surface area contributed by atoms with Crippen LogP contribution in [-0.2, 0) is 6.42 Å². The summed E-state index contributed by atoms with van der Waals surface area (Å²) in [6.07, 6.45) is 2.61. The van der Waals surface area contributed by atoms with E-state index in [0.717, 1.165) is 12.8 Å². The Bertz CT molecular complexity index is 332. The van der Waals surface area contributed by atoms with Crippen molar-refractivity contribution in [3.63, 3.8) is 0 Å². The van der Waals surface area contributed by atoms with Crippen LogP contribution in [0.5, 0.6) is 17.2 Å². The first-order valence-electron chi connectivity index (χ1n) is 4.81. The quantitative estimate of drug-likeness (QED) is 0.514. The molecule has 0 radical (unpaired) electrons. The van der Waals surface area contributed by atoms with E-state index in [1.165, 1.54) is 6.07 Å². The van der Waals surface area contributed by atoms with Crippen molar-refractivity contribution < 1.29 is 15.3 Å². The predicted molar refractivity (Wildman–Crippen MR) is 54.8 cm³/mol. The normalized spacial score (nSPS) is 10.4. The average molecular weight is 196 g/mol. The molecule has 0 amide bonds. The van der Waals surface area contributed by atoms with Crippen LogP contribution in [0, 0.1) is 6.92 Å². The molecule has 0 bridgehead atoms. The van der Waals surface area contributed by atoms with Gasteiger partial charge in [-0.15, -0.1) is 0 Å². The van der Waals surface area contributed by atoms with Gasteiger partial charge >= 0.3 is 0 Å². The van der Waals surface area contributed by atoms with Crippen LogP contribution in [0.25, 0.3) is 0 Å². The summed E-state index contributed by atoms with van der Waals surface area (Å²) in [4.78, 5) is 0. The minimum Gasteiger partial charge on any atom is -0.508 e. The Balaban J connectivity index is 3.06. The number of hydrogen-bond donors (Lipinski definition) is 3. The molecule has 1 rings (SSSR count). The molecule has 0 atom stereocenters. The maximum Gasteiger partial charge on any atom is 0.164 e. The van der Waals surface area contributed by atoms with Crippen LogP contribution in [-0.4, -0.2) is 15.3 Å². The van der Waals surface area contributed by atoms with Crippen LogP contribution >= 0.6 is 0 Å². The highest BCUT2D eigenvalue weighted by atomic mass is 16.3. The zero-order chi connectivity index (χ0) is 10.7. The molecule has 0 aliphatic heterocycles. The summed E-state index contributed by atoms with van der Waals surface area (Å²) in [5.74, 6) is -0.281. The largest absolute Gasteiger partial charge is 0.508 e. The summed E-state index contributed by atoms with van der Waals surface area (Å²) in [6, 6.07) is 1.51. The fourth-order valence-electron chi connectivity index (χ4n) is 1.35. The lowest BCUT2D eigenvalue weighted by molar-refractivity contribution is 0.387. The third kappa shape index (κ3) is 1.92. The molecule has 1 aromatic rings. The smallest absolute Gasteiger partial charge is 0.164 e. The summed E-state index contributed by atoms with van der Waals surface area (Å²) in [5, 5.41) is 28.5. The van der Waals surface area contributed by atoms with Gasteiger partial charge in [0.05, 0.1) is 0 Å². The van der Waals surface area contributed by atoms with Gasteiger partial charge in [-0.3, -0.25) is 0 Å². The third-order valence-corrected chi connectivity index (χ3v) is 2.38. The highest BCUT2D eigenvalue weighted by Crippen LogP contribution is 2.38. The molecule has 0 saturated carbocycles. The minimum atomic E-state index is -0.212. The molecule has 0 aromatic heterocycles. The Hall–Kier alpha value is -1.38. The first-order chi connectivity index (χ1) is 6.57. The lowest BCUT2D eigenvalue weighted by Gasteiger charge is -2.09. The van der Waals surface area contributed by atoms with Crippen molar-refractivity contribution >= 4 is 0 Å². The Labute approximate surface area is 83.6 Å². The van der Waals surface area contributed by atoms with Gasteiger partial charge in [-0.2, -0.15) is 0 Å². The van der Waals surface area contributed by atoms with Crippen LogP contribution in [0.1, 0.15) is 30.9 Å². The maximum atomic E-state index is 9.57. The van der Waals surface area contributed by atoms with E-state index in [2.05, 4.69) is 0 Å². The monoisotopic (exact) mass is 196 g/mol. The number of phenols is 3. The van der Waals surface area contributed by atoms with Crippen molar-refractivity contribution in [1.29, 1.82) is 0 Å². The Morgan fingerprint density at radius 3 is 2.36 bits per heavy atom. The van der Waals surface area contributed by atoms with Crippen molar-refractivity contribution in [1.82, 2.24) is 0 Å². The predicted octanol–water partition coefficient (Wildman–Crippen LogP) is 2.45. The summed E-state index contributed by atoms with van der Waals surface area (Å²) in [6.45, 7) is 3.61.